The zero-order valence-electron chi connectivity index (χ0n) is 20.5. The van der Waals surface area contributed by atoms with Crippen molar-refractivity contribution in [3.05, 3.63) is 63.6 Å². The molecule has 1 atom stereocenters. The van der Waals surface area contributed by atoms with Crippen molar-refractivity contribution in [3.8, 4) is 0 Å². The summed E-state index contributed by atoms with van der Waals surface area (Å²) in [5, 5.41) is 0.742. The molecule has 3 aromatic rings. The first-order chi connectivity index (χ1) is 16.8. The van der Waals surface area contributed by atoms with Crippen molar-refractivity contribution < 1.29 is 28.6 Å². The van der Waals surface area contributed by atoms with Crippen LogP contribution >= 0.6 is 0 Å². The third kappa shape index (κ3) is 4.78. The Kier molecular flexibility index (Phi) is 7.19. The van der Waals surface area contributed by atoms with Gasteiger partial charge in [-0.15, -0.1) is 0 Å². The molecule has 2 heterocycles. The number of benzene rings is 1. The lowest BCUT2D eigenvalue weighted by atomic mass is 9.84. The summed E-state index contributed by atoms with van der Waals surface area (Å²) in [6.07, 6.45) is 2.59. The Morgan fingerprint density at radius 1 is 1.00 bits per heavy atom. The summed E-state index contributed by atoms with van der Waals surface area (Å²) in [4.78, 5) is 46.2. The summed E-state index contributed by atoms with van der Waals surface area (Å²) < 4.78 is 16.0. The summed E-state index contributed by atoms with van der Waals surface area (Å²) in [7, 11) is 0. The molecule has 0 aliphatic heterocycles. The molecule has 1 N–H and O–H groups in total. The van der Waals surface area contributed by atoms with Gasteiger partial charge in [-0.3, -0.25) is 4.98 Å². The normalized spacial score (nSPS) is 14.9. The molecule has 0 radical (unpaired) electrons. The van der Waals surface area contributed by atoms with Gasteiger partial charge in [0.05, 0.1) is 35.6 Å². The summed E-state index contributed by atoms with van der Waals surface area (Å²) in [5.74, 6) is -1.24. The number of hydrogen-bond acceptors (Lipinski definition) is 7. The number of pyridine rings is 1. The molecule has 0 unspecified atom stereocenters. The number of aromatic nitrogens is 2. The van der Waals surface area contributed by atoms with Crippen LogP contribution in [0.3, 0.4) is 0 Å². The van der Waals surface area contributed by atoms with Crippen LogP contribution in [-0.4, -0.2) is 41.1 Å². The summed E-state index contributed by atoms with van der Waals surface area (Å²) in [6.45, 7) is 7.33. The average Bonchev–Trinajstić information content (AvgIpc) is 3.17. The van der Waals surface area contributed by atoms with Gasteiger partial charge in [-0.25, -0.2) is 14.4 Å². The van der Waals surface area contributed by atoms with Crippen LogP contribution in [0.5, 0.6) is 0 Å². The van der Waals surface area contributed by atoms with Gasteiger partial charge in [0, 0.05) is 11.1 Å². The third-order valence-electron chi connectivity index (χ3n) is 6.34. The van der Waals surface area contributed by atoms with Gasteiger partial charge in [0.25, 0.3) is 0 Å². The maximum absolute atomic E-state index is 13.5. The molecule has 1 aliphatic rings. The fourth-order valence-corrected chi connectivity index (χ4v) is 4.66. The number of esters is 3. The van der Waals surface area contributed by atoms with Gasteiger partial charge < -0.3 is 19.2 Å². The lowest BCUT2D eigenvalue weighted by Gasteiger charge is -2.24. The number of para-hydroxylation sites is 1. The van der Waals surface area contributed by atoms with Crippen LogP contribution in [0.25, 0.3) is 10.9 Å². The van der Waals surface area contributed by atoms with Crippen molar-refractivity contribution in [3.63, 3.8) is 0 Å². The van der Waals surface area contributed by atoms with Crippen LogP contribution in [0.15, 0.2) is 24.3 Å². The van der Waals surface area contributed by atoms with Crippen LogP contribution < -0.4 is 0 Å². The highest BCUT2D eigenvalue weighted by molar-refractivity contribution is 6.05. The van der Waals surface area contributed by atoms with Crippen LogP contribution in [-0.2, 0) is 33.7 Å². The zero-order valence-corrected chi connectivity index (χ0v) is 20.5. The van der Waals surface area contributed by atoms with E-state index in [1.54, 1.807) is 20.8 Å². The topological polar surface area (TPSA) is 108 Å². The molecule has 0 amide bonds. The minimum Gasteiger partial charge on any atom is -0.462 e. The van der Waals surface area contributed by atoms with E-state index in [0.29, 0.717) is 17.0 Å². The van der Waals surface area contributed by atoms with E-state index in [1.165, 1.54) is 0 Å². The van der Waals surface area contributed by atoms with Gasteiger partial charge in [0.2, 0.25) is 0 Å². The summed E-state index contributed by atoms with van der Waals surface area (Å²) >= 11 is 0. The Labute approximate surface area is 204 Å². The Morgan fingerprint density at radius 3 is 2.43 bits per heavy atom. The number of carbonyl (C=O) groups excluding carboxylic acids is 3. The second-order valence-electron chi connectivity index (χ2n) is 8.77. The number of nitrogens with zero attached hydrogens (tertiary/aromatic N) is 1. The summed E-state index contributed by atoms with van der Waals surface area (Å²) in [5.41, 5.74) is 4.13. The van der Waals surface area contributed by atoms with Crippen molar-refractivity contribution in [2.75, 3.05) is 13.2 Å². The van der Waals surface area contributed by atoms with E-state index in [9.17, 15) is 14.4 Å². The van der Waals surface area contributed by atoms with E-state index in [0.717, 1.165) is 41.4 Å². The largest absolute Gasteiger partial charge is 0.462 e. The van der Waals surface area contributed by atoms with Crippen molar-refractivity contribution in [1.29, 1.82) is 0 Å². The number of nitrogens with one attached hydrogen (secondary N) is 1. The van der Waals surface area contributed by atoms with E-state index >= 15 is 0 Å². The maximum atomic E-state index is 13.5. The predicted molar refractivity (Wildman–Crippen MR) is 129 cm³/mol. The lowest BCUT2D eigenvalue weighted by Crippen LogP contribution is -2.19. The molecular formula is C27H30N2O6. The summed E-state index contributed by atoms with van der Waals surface area (Å²) in [6, 6.07) is 7.54. The monoisotopic (exact) mass is 478 g/mol. The molecule has 8 nitrogen and oxygen atoms in total. The van der Waals surface area contributed by atoms with Crippen molar-refractivity contribution in [2.45, 2.75) is 53.6 Å². The number of ether oxygens (including phenoxy) is 3. The van der Waals surface area contributed by atoms with Gasteiger partial charge in [-0.05, 0) is 63.1 Å². The Bertz CT molecular complexity index is 1290. The number of aryl methyl sites for hydroxylation is 1. The first-order valence-electron chi connectivity index (χ1n) is 12.0. The van der Waals surface area contributed by atoms with Gasteiger partial charge >= 0.3 is 17.9 Å². The number of hydrogen-bond donors (Lipinski definition) is 1. The number of H-pyrrole nitrogens is 1. The van der Waals surface area contributed by atoms with Crippen LogP contribution in [0.1, 0.15) is 80.9 Å². The zero-order chi connectivity index (χ0) is 25.1. The highest BCUT2D eigenvalue weighted by atomic mass is 16.5. The quantitative estimate of drug-likeness (QED) is 0.387. The SMILES string of the molecule is CCOC(=O)c1[nH]c(COC(=O)c2c3c(nc4ccccc24)CC[C@H](C)C3)c(C(=O)OCC)c1C. The van der Waals surface area contributed by atoms with E-state index < -0.39 is 17.9 Å². The fourth-order valence-electron chi connectivity index (χ4n) is 4.66. The maximum Gasteiger partial charge on any atom is 0.355 e. The molecule has 0 saturated heterocycles. The molecular weight excluding hydrogens is 448 g/mol. The highest BCUT2D eigenvalue weighted by Crippen LogP contribution is 2.32. The third-order valence-corrected chi connectivity index (χ3v) is 6.34. The molecule has 184 valence electrons. The minimum absolute atomic E-state index is 0.140. The first-order valence-corrected chi connectivity index (χ1v) is 12.0. The molecule has 4 rings (SSSR count). The average molecular weight is 479 g/mol. The van der Waals surface area contributed by atoms with Gasteiger partial charge in [0.15, 0.2) is 0 Å². The molecule has 35 heavy (non-hydrogen) atoms. The van der Waals surface area contributed by atoms with Crippen molar-refractivity contribution in [2.24, 2.45) is 5.92 Å². The number of carbonyl (C=O) groups is 3. The molecule has 8 heteroatoms. The second-order valence-corrected chi connectivity index (χ2v) is 8.77. The Balaban J connectivity index is 1.70. The minimum atomic E-state index is -0.594. The Hall–Kier alpha value is -3.68. The number of rotatable bonds is 7. The predicted octanol–water partition coefficient (Wildman–Crippen LogP) is 4.71. The molecule has 0 fully saturated rings. The number of fused-ring (bicyclic) bond motifs is 2. The molecule has 1 aliphatic carbocycles. The van der Waals surface area contributed by atoms with Crippen molar-refractivity contribution in [1.82, 2.24) is 9.97 Å². The molecule has 2 aromatic heterocycles. The molecule has 0 spiro atoms. The lowest BCUT2D eigenvalue weighted by molar-refractivity contribution is 0.0446. The van der Waals surface area contributed by atoms with Gasteiger partial charge in [-0.1, -0.05) is 25.1 Å². The second kappa shape index (κ2) is 10.3. The molecule has 1 aromatic carbocycles. The fraction of sp³-hybridized carbons (Fsp3) is 0.407. The van der Waals surface area contributed by atoms with Gasteiger partial charge in [-0.2, -0.15) is 0 Å². The van der Waals surface area contributed by atoms with Crippen molar-refractivity contribution >= 4 is 28.8 Å². The smallest absolute Gasteiger partial charge is 0.355 e. The Morgan fingerprint density at radius 2 is 1.69 bits per heavy atom. The van der Waals surface area contributed by atoms with Crippen LogP contribution in [0.4, 0.5) is 0 Å². The first kappa shape index (κ1) is 24.4. The van der Waals surface area contributed by atoms with Crippen LogP contribution in [0.2, 0.25) is 0 Å². The molecule has 0 saturated carbocycles. The van der Waals surface area contributed by atoms with Gasteiger partial charge in [0.1, 0.15) is 12.3 Å². The van der Waals surface area contributed by atoms with E-state index in [4.69, 9.17) is 19.2 Å². The molecule has 0 bridgehead atoms. The number of aromatic amines is 1. The van der Waals surface area contributed by atoms with E-state index in [2.05, 4.69) is 11.9 Å². The highest BCUT2D eigenvalue weighted by Gasteiger charge is 2.29. The van der Waals surface area contributed by atoms with Crippen LogP contribution in [0, 0.1) is 12.8 Å². The van der Waals surface area contributed by atoms with E-state index in [-0.39, 0.29) is 36.8 Å². The standard InChI is InChI=1S/C27H30N2O6/c1-5-33-25(30)22-16(4)24(27(32)34-6-2)29-21(22)14-35-26(31)23-17-9-7-8-10-19(17)28-20-12-11-15(3)13-18(20)23/h7-10,15,29H,5-6,11-14H2,1-4H3/t15-/m0/s1. The van der Waals surface area contributed by atoms with E-state index in [1.807, 2.05) is 24.3 Å².